The molecule has 1 heterocycles. The van der Waals surface area contributed by atoms with Crippen LogP contribution < -0.4 is 10.1 Å². The summed E-state index contributed by atoms with van der Waals surface area (Å²) in [7, 11) is 0. The maximum Gasteiger partial charge on any atom is 0.205 e. The van der Waals surface area contributed by atoms with E-state index in [4.69, 9.17) is 4.74 Å². The lowest BCUT2D eigenvalue weighted by molar-refractivity contribution is 0.304. The van der Waals surface area contributed by atoms with E-state index in [1.54, 1.807) is 11.3 Å². The summed E-state index contributed by atoms with van der Waals surface area (Å²) in [6, 6.07) is 6.26. The van der Waals surface area contributed by atoms with Gasteiger partial charge in [0.1, 0.15) is 12.4 Å². The van der Waals surface area contributed by atoms with Gasteiger partial charge in [-0.05, 0) is 42.5 Å². The van der Waals surface area contributed by atoms with Gasteiger partial charge in [-0.1, -0.05) is 38.2 Å². The van der Waals surface area contributed by atoms with Crippen molar-refractivity contribution >= 4 is 16.5 Å². The number of aryl methyl sites for hydroxylation is 1. The van der Waals surface area contributed by atoms with E-state index in [0.29, 0.717) is 12.5 Å². The Bertz CT molecular complexity index is 581. The normalized spacial score (nSPS) is 10.9. The third-order valence-electron chi connectivity index (χ3n) is 3.22. The van der Waals surface area contributed by atoms with Crippen LogP contribution in [0.1, 0.15) is 49.2 Å². The van der Waals surface area contributed by atoms with Crippen LogP contribution in [-0.2, 0) is 6.61 Å². The standard InChI is InChI=1S/C16H23N3OS/c1-5-8-17-16-19-18-15(21-16)10-20-13-6-7-14(11(2)3)12(4)9-13/h6-7,9,11H,5,8,10H2,1-4H3,(H,17,19). The second kappa shape index (κ2) is 7.41. The second-order valence-corrected chi connectivity index (χ2v) is 6.45. The molecule has 0 aliphatic carbocycles. The van der Waals surface area contributed by atoms with E-state index < -0.39 is 0 Å². The fourth-order valence-corrected chi connectivity index (χ4v) is 2.82. The zero-order valence-corrected chi connectivity index (χ0v) is 14.0. The molecule has 4 nitrogen and oxygen atoms in total. The molecule has 0 bridgehead atoms. The number of nitrogens with zero attached hydrogens (tertiary/aromatic N) is 2. The summed E-state index contributed by atoms with van der Waals surface area (Å²) in [5.74, 6) is 1.42. The number of anilines is 1. The average Bonchev–Trinajstić information content (AvgIpc) is 2.90. The number of hydrogen-bond acceptors (Lipinski definition) is 5. The third kappa shape index (κ3) is 4.43. The summed E-state index contributed by atoms with van der Waals surface area (Å²) in [5.41, 5.74) is 2.63. The summed E-state index contributed by atoms with van der Waals surface area (Å²) in [5, 5.41) is 13.2. The molecule has 5 heteroatoms. The van der Waals surface area contributed by atoms with Gasteiger partial charge in [-0.3, -0.25) is 0 Å². The first-order chi connectivity index (χ1) is 10.1. The molecule has 0 atom stereocenters. The molecule has 114 valence electrons. The number of aromatic nitrogens is 2. The van der Waals surface area contributed by atoms with E-state index in [1.807, 2.05) is 6.07 Å². The Morgan fingerprint density at radius 2 is 2.10 bits per heavy atom. The maximum absolute atomic E-state index is 5.81. The molecule has 0 radical (unpaired) electrons. The Morgan fingerprint density at radius 1 is 1.29 bits per heavy atom. The molecule has 0 amide bonds. The van der Waals surface area contributed by atoms with Crippen molar-refractivity contribution in [1.82, 2.24) is 10.2 Å². The molecule has 0 aliphatic heterocycles. The Morgan fingerprint density at radius 3 is 2.76 bits per heavy atom. The van der Waals surface area contributed by atoms with E-state index in [9.17, 15) is 0 Å². The first kappa shape index (κ1) is 15.8. The van der Waals surface area contributed by atoms with Crippen molar-refractivity contribution in [1.29, 1.82) is 0 Å². The van der Waals surface area contributed by atoms with Crippen LogP contribution in [0.2, 0.25) is 0 Å². The van der Waals surface area contributed by atoms with E-state index >= 15 is 0 Å². The van der Waals surface area contributed by atoms with E-state index in [2.05, 4.69) is 55.3 Å². The van der Waals surface area contributed by atoms with Crippen LogP contribution in [-0.4, -0.2) is 16.7 Å². The maximum atomic E-state index is 5.81. The predicted octanol–water partition coefficient (Wildman–Crippen LogP) is 4.37. The van der Waals surface area contributed by atoms with Crippen molar-refractivity contribution in [3.63, 3.8) is 0 Å². The van der Waals surface area contributed by atoms with E-state index in [0.717, 1.165) is 28.9 Å². The highest BCUT2D eigenvalue weighted by Gasteiger charge is 2.07. The lowest BCUT2D eigenvalue weighted by Gasteiger charge is -2.11. The van der Waals surface area contributed by atoms with Gasteiger partial charge in [-0.25, -0.2) is 0 Å². The van der Waals surface area contributed by atoms with Gasteiger partial charge in [0, 0.05) is 6.54 Å². The minimum atomic E-state index is 0.464. The highest BCUT2D eigenvalue weighted by atomic mass is 32.1. The van der Waals surface area contributed by atoms with Gasteiger partial charge in [0.15, 0.2) is 5.01 Å². The van der Waals surface area contributed by atoms with Crippen LogP contribution in [0.5, 0.6) is 5.75 Å². The lowest BCUT2D eigenvalue weighted by Crippen LogP contribution is -1.98. The van der Waals surface area contributed by atoms with Crippen LogP contribution in [0, 0.1) is 6.92 Å². The molecule has 2 rings (SSSR count). The largest absolute Gasteiger partial charge is 0.486 e. The van der Waals surface area contributed by atoms with Crippen LogP contribution in [0.4, 0.5) is 5.13 Å². The van der Waals surface area contributed by atoms with Crippen LogP contribution in [0.15, 0.2) is 18.2 Å². The van der Waals surface area contributed by atoms with Crippen molar-refractivity contribution < 1.29 is 4.74 Å². The summed E-state index contributed by atoms with van der Waals surface area (Å²) in [4.78, 5) is 0. The first-order valence-electron chi connectivity index (χ1n) is 7.39. The molecular weight excluding hydrogens is 282 g/mol. The van der Waals surface area contributed by atoms with Crippen molar-refractivity contribution in [2.45, 2.75) is 46.6 Å². The molecule has 1 N–H and O–H groups in total. The predicted molar refractivity (Wildman–Crippen MR) is 88.3 cm³/mol. The highest BCUT2D eigenvalue weighted by molar-refractivity contribution is 7.15. The molecular formula is C16H23N3OS. The van der Waals surface area contributed by atoms with Gasteiger partial charge in [0.05, 0.1) is 0 Å². The molecule has 0 aliphatic rings. The summed E-state index contributed by atoms with van der Waals surface area (Å²) in [6.45, 7) is 10.0. The van der Waals surface area contributed by atoms with E-state index in [-0.39, 0.29) is 0 Å². The van der Waals surface area contributed by atoms with Crippen molar-refractivity contribution in [3.8, 4) is 5.75 Å². The molecule has 1 aromatic heterocycles. The topological polar surface area (TPSA) is 47.0 Å². The SMILES string of the molecule is CCCNc1nnc(COc2ccc(C(C)C)c(C)c2)s1. The van der Waals surface area contributed by atoms with Crippen LogP contribution in [0.25, 0.3) is 0 Å². The Labute approximate surface area is 130 Å². The number of ether oxygens (including phenoxy) is 1. The fraction of sp³-hybridized carbons (Fsp3) is 0.500. The van der Waals surface area contributed by atoms with Crippen LogP contribution in [0.3, 0.4) is 0 Å². The van der Waals surface area contributed by atoms with Gasteiger partial charge in [0.25, 0.3) is 0 Å². The Balaban J connectivity index is 1.93. The highest BCUT2D eigenvalue weighted by Crippen LogP contribution is 2.24. The molecule has 2 aromatic rings. The third-order valence-corrected chi connectivity index (χ3v) is 4.07. The smallest absolute Gasteiger partial charge is 0.205 e. The molecule has 0 spiro atoms. The lowest BCUT2D eigenvalue weighted by atomic mass is 9.98. The average molecular weight is 305 g/mol. The Kier molecular flexibility index (Phi) is 5.56. The van der Waals surface area contributed by atoms with Gasteiger partial charge in [-0.15, -0.1) is 10.2 Å². The number of hydrogen-bond donors (Lipinski definition) is 1. The molecule has 0 saturated heterocycles. The number of rotatable bonds is 7. The molecule has 0 saturated carbocycles. The first-order valence-corrected chi connectivity index (χ1v) is 8.21. The van der Waals surface area contributed by atoms with Gasteiger partial charge in [0.2, 0.25) is 5.13 Å². The van der Waals surface area contributed by atoms with Gasteiger partial charge in [-0.2, -0.15) is 0 Å². The molecule has 1 aromatic carbocycles. The van der Waals surface area contributed by atoms with Crippen molar-refractivity contribution in [3.05, 3.63) is 34.3 Å². The van der Waals surface area contributed by atoms with E-state index in [1.165, 1.54) is 11.1 Å². The minimum Gasteiger partial charge on any atom is -0.486 e. The monoisotopic (exact) mass is 305 g/mol. The zero-order valence-electron chi connectivity index (χ0n) is 13.1. The Hall–Kier alpha value is -1.62. The fourth-order valence-electron chi connectivity index (χ4n) is 2.15. The van der Waals surface area contributed by atoms with Gasteiger partial charge < -0.3 is 10.1 Å². The minimum absolute atomic E-state index is 0.464. The zero-order chi connectivity index (χ0) is 15.2. The molecule has 21 heavy (non-hydrogen) atoms. The summed E-state index contributed by atoms with van der Waals surface area (Å²) < 4.78 is 5.81. The van der Waals surface area contributed by atoms with Gasteiger partial charge >= 0.3 is 0 Å². The summed E-state index contributed by atoms with van der Waals surface area (Å²) in [6.07, 6.45) is 1.08. The summed E-state index contributed by atoms with van der Waals surface area (Å²) >= 11 is 1.55. The van der Waals surface area contributed by atoms with Crippen molar-refractivity contribution in [2.24, 2.45) is 0 Å². The molecule has 0 fully saturated rings. The quantitative estimate of drug-likeness (QED) is 0.825. The van der Waals surface area contributed by atoms with Crippen LogP contribution >= 0.6 is 11.3 Å². The van der Waals surface area contributed by atoms with Crippen molar-refractivity contribution in [2.75, 3.05) is 11.9 Å². The second-order valence-electron chi connectivity index (χ2n) is 5.39. The molecule has 0 unspecified atom stereocenters. The number of nitrogens with one attached hydrogen (secondary N) is 1. The number of benzene rings is 1.